The number of carbonyl (C=O) groups excluding carboxylic acids is 1. The second-order valence-electron chi connectivity index (χ2n) is 21.6. The Labute approximate surface area is 386 Å². The van der Waals surface area contributed by atoms with Crippen LogP contribution in [-0.4, -0.2) is 77.3 Å². The molecule has 3 aromatic carbocycles. The van der Waals surface area contributed by atoms with Crippen LogP contribution in [0.15, 0.2) is 77.4 Å². The quantitative estimate of drug-likeness (QED) is 0.0875. The molecule has 3 aliphatic heterocycles. The molecule has 10 heteroatoms. The van der Waals surface area contributed by atoms with Crippen LogP contribution < -0.4 is 4.74 Å². The van der Waals surface area contributed by atoms with Crippen LogP contribution in [0.5, 0.6) is 17.2 Å². The van der Waals surface area contributed by atoms with Gasteiger partial charge < -0.3 is 19.7 Å². The fourth-order valence-electron chi connectivity index (χ4n) is 8.89. The van der Waals surface area contributed by atoms with Crippen molar-refractivity contribution in [3.8, 4) is 17.2 Å². The van der Waals surface area contributed by atoms with Gasteiger partial charge >= 0.3 is 5.97 Å². The molecule has 1 radical (unpaired) electrons. The summed E-state index contributed by atoms with van der Waals surface area (Å²) in [6.45, 7) is 31.1. The molecule has 3 aliphatic rings. The Morgan fingerprint density at radius 3 is 1.95 bits per heavy atom. The van der Waals surface area contributed by atoms with E-state index in [-0.39, 0.29) is 62.5 Å². The molecule has 4 unspecified atom stereocenters. The number of benzene rings is 3. The number of fused-ring (bicyclic) bond motifs is 4. The van der Waals surface area contributed by atoms with Crippen molar-refractivity contribution in [2.24, 2.45) is 21.8 Å². The zero-order valence-electron chi connectivity index (χ0n) is 39.8. The molecule has 2 bridgehead atoms. The van der Waals surface area contributed by atoms with Crippen molar-refractivity contribution in [3.63, 3.8) is 0 Å². The minimum atomic E-state index is -1.08. The van der Waals surface area contributed by atoms with E-state index in [1.807, 2.05) is 36.4 Å². The monoisotopic (exact) mass is 901 g/mol. The van der Waals surface area contributed by atoms with Crippen molar-refractivity contribution in [1.29, 1.82) is 0 Å². The van der Waals surface area contributed by atoms with E-state index >= 15 is 0 Å². The first-order valence-electron chi connectivity index (χ1n) is 22.2. The van der Waals surface area contributed by atoms with Gasteiger partial charge in [0.1, 0.15) is 23.4 Å². The van der Waals surface area contributed by atoms with Gasteiger partial charge in [0.25, 0.3) is 0 Å². The predicted molar refractivity (Wildman–Crippen MR) is 254 cm³/mol. The molecule has 0 spiro atoms. The first kappa shape index (κ1) is 49.5. The Kier molecular flexibility index (Phi) is 14.9. The van der Waals surface area contributed by atoms with E-state index in [1.165, 1.54) is 0 Å². The second kappa shape index (κ2) is 18.9. The van der Waals surface area contributed by atoms with Gasteiger partial charge in [0, 0.05) is 75.2 Å². The number of aromatic nitrogens is 1. The standard InChI is InChI=1S/C53H70N4O5.Co/c1-15-32-31-57-21-19-33(32)24-45(57)48(39-18-20-55-43-17-16-38(61-14)27-40(39)43)62-49(60)44(56-29-35-23-37(51(5,6)7)26-42(47(35)59)53(11,12)13)30-54-28-34-22-36(50(2,3)4)25-41(46(34)58)52(8,9)10;/h15-18,20,22-23,25-29,32-33,44-45,48,58-59H,1,19,21,24,30-31H2,2-14H3;/t32?,33?,44-,45?,48+;/m0./s1. The van der Waals surface area contributed by atoms with E-state index in [0.717, 1.165) is 64.7 Å². The number of piperidine rings is 3. The van der Waals surface area contributed by atoms with Gasteiger partial charge in [0.05, 0.1) is 25.2 Å². The van der Waals surface area contributed by atoms with Gasteiger partial charge in [0.15, 0.2) is 6.04 Å². The maximum atomic E-state index is 15.0. The number of aliphatic imine (C=N–C) groups is 2. The number of carbonyl (C=O) groups is 1. The molecule has 0 amide bonds. The molecule has 341 valence electrons. The molecule has 3 fully saturated rings. The number of pyridine rings is 1. The van der Waals surface area contributed by atoms with Crippen molar-refractivity contribution in [2.45, 2.75) is 136 Å². The molecule has 3 saturated heterocycles. The number of aromatic hydroxyl groups is 2. The average molecular weight is 902 g/mol. The average Bonchev–Trinajstić information content (AvgIpc) is 3.20. The van der Waals surface area contributed by atoms with Gasteiger partial charge in [-0.15, -0.1) is 6.58 Å². The van der Waals surface area contributed by atoms with Gasteiger partial charge in [-0.25, -0.2) is 4.79 Å². The number of hydrogen-bond acceptors (Lipinski definition) is 9. The fourth-order valence-corrected chi connectivity index (χ4v) is 8.89. The van der Waals surface area contributed by atoms with Crippen molar-refractivity contribution < 1.29 is 41.3 Å². The smallest absolute Gasteiger partial charge is 0.333 e. The molecule has 4 aromatic rings. The number of phenols is 2. The van der Waals surface area contributed by atoms with Crippen LogP contribution in [0.25, 0.3) is 10.9 Å². The number of rotatable bonds is 11. The third-order valence-corrected chi connectivity index (χ3v) is 12.8. The molecule has 6 atom stereocenters. The Bertz CT molecular complexity index is 2360. The number of hydrogen-bond donors (Lipinski definition) is 2. The molecule has 7 rings (SSSR count). The first-order chi connectivity index (χ1) is 28.9. The second-order valence-corrected chi connectivity index (χ2v) is 21.6. The molecule has 63 heavy (non-hydrogen) atoms. The Morgan fingerprint density at radius 2 is 1.44 bits per heavy atom. The molecule has 0 aliphatic carbocycles. The molecular formula is C53H70CoN4O5. The van der Waals surface area contributed by atoms with Crippen LogP contribution >= 0.6 is 0 Å². The molecule has 9 nitrogen and oxygen atoms in total. The van der Waals surface area contributed by atoms with Gasteiger partial charge in [0.2, 0.25) is 0 Å². The van der Waals surface area contributed by atoms with Crippen molar-refractivity contribution in [2.75, 3.05) is 26.7 Å². The number of esters is 1. The maximum Gasteiger partial charge on any atom is 0.333 e. The number of ether oxygens (including phenoxy) is 2. The maximum absolute atomic E-state index is 15.0. The van der Waals surface area contributed by atoms with E-state index < -0.39 is 18.1 Å². The Balaban J connectivity index is 0.00000748. The minimum absolute atomic E-state index is 0. The van der Waals surface area contributed by atoms with Gasteiger partial charge in [-0.2, -0.15) is 0 Å². The topological polar surface area (TPSA) is 117 Å². The van der Waals surface area contributed by atoms with Crippen molar-refractivity contribution in [3.05, 3.63) is 106 Å². The van der Waals surface area contributed by atoms with Crippen LogP contribution in [0.2, 0.25) is 0 Å². The SMILES string of the molecule is C=CC1CN2CCC1CC2[C@H](OC(=O)[C@H](CN=Cc1cc(C(C)(C)C)cc(C(C)(C)C)c1O)N=Cc1cc(C(C)(C)C)cc(C(C)(C)C)c1O)c1ccnc2ccc(OC)cc12.[Co]. The summed E-state index contributed by atoms with van der Waals surface area (Å²) >= 11 is 0. The van der Waals surface area contributed by atoms with Crippen molar-refractivity contribution >= 4 is 29.3 Å². The number of phenolic OH excluding ortho intramolecular Hbond substituents is 2. The Hall–Kier alpha value is -4.51. The van der Waals surface area contributed by atoms with E-state index in [4.69, 9.17) is 19.5 Å². The third-order valence-electron chi connectivity index (χ3n) is 12.8. The largest absolute Gasteiger partial charge is 0.507 e. The van der Waals surface area contributed by atoms with Gasteiger partial charge in [-0.1, -0.05) is 101 Å². The van der Waals surface area contributed by atoms with E-state index in [2.05, 4.69) is 118 Å². The van der Waals surface area contributed by atoms with Crippen LogP contribution in [0.1, 0.15) is 141 Å². The molecular weight excluding hydrogens is 832 g/mol. The van der Waals surface area contributed by atoms with Crippen LogP contribution in [0, 0.1) is 11.8 Å². The first-order valence-corrected chi connectivity index (χ1v) is 22.2. The zero-order chi connectivity index (χ0) is 45.5. The van der Waals surface area contributed by atoms with Crippen LogP contribution in [-0.2, 0) is 48.0 Å². The normalized spacial score (nSPS) is 20.5. The summed E-state index contributed by atoms with van der Waals surface area (Å²) in [4.78, 5) is 31.9. The van der Waals surface area contributed by atoms with E-state index in [1.54, 1.807) is 25.7 Å². The minimum Gasteiger partial charge on any atom is -0.507 e. The Morgan fingerprint density at radius 1 is 0.857 bits per heavy atom. The summed E-state index contributed by atoms with van der Waals surface area (Å²) in [5.41, 5.74) is 5.38. The summed E-state index contributed by atoms with van der Waals surface area (Å²) < 4.78 is 12.4. The molecule has 1 aromatic heterocycles. The molecule has 2 N–H and O–H groups in total. The van der Waals surface area contributed by atoms with Crippen LogP contribution in [0.4, 0.5) is 0 Å². The summed E-state index contributed by atoms with van der Waals surface area (Å²) in [5, 5.41) is 24.2. The summed E-state index contributed by atoms with van der Waals surface area (Å²) in [7, 11) is 1.64. The fraction of sp³-hybridized carbons (Fsp3) is 0.509. The zero-order valence-corrected chi connectivity index (χ0v) is 40.8. The van der Waals surface area contributed by atoms with Gasteiger partial charge in [-0.3, -0.25) is 19.9 Å². The van der Waals surface area contributed by atoms with E-state index in [9.17, 15) is 15.0 Å². The number of nitrogens with zero attached hydrogens (tertiary/aromatic N) is 4. The molecule has 4 heterocycles. The number of methoxy groups -OCH3 is 1. The molecule has 0 saturated carbocycles. The van der Waals surface area contributed by atoms with Gasteiger partial charge in [-0.05, 0) is 100 Å². The summed E-state index contributed by atoms with van der Waals surface area (Å²) in [6, 6.07) is 14.6. The summed E-state index contributed by atoms with van der Waals surface area (Å²) in [5.74, 6) is 1.24. The van der Waals surface area contributed by atoms with Crippen molar-refractivity contribution in [1.82, 2.24) is 9.88 Å². The van der Waals surface area contributed by atoms with E-state index in [0.29, 0.717) is 28.7 Å². The predicted octanol–water partition coefficient (Wildman–Crippen LogP) is 10.9. The summed E-state index contributed by atoms with van der Waals surface area (Å²) in [6.07, 6.45) is 8.34. The third kappa shape index (κ3) is 11.1. The van der Waals surface area contributed by atoms with Crippen LogP contribution in [0.3, 0.4) is 0 Å².